The van der Waals surface area contributed by atoms with Crippen LogP contribution in [0, 0.1) is 0 Å². The number of sulfonamides is 1. The summed E-state index contributed by atoms with van der Waals surface area (Å²) >= 11 is 0. The van der Waals surface area contributed by atoms with E-state index in [-0.39, 0.29) is 11.0 Å². The molecule has 0 heterocycles. The molecule has 1 unspecified atom stereocenters. The SMILES string of the molecule is CC(O)CCCNc1ccc(S(=O)(=O)N(C)C)cc1N. The zero-order valence-corrected chi connectivity index (χ0v) is 12.9. The first-order valence-corrected chi connectivity index (χ1v) is 7.93. The summed E-state index contributed by atoms with van der Waals surface area (Å²) in [6.45, 7) is 2.42. The minimum Gasteiger partial charge on any atom is -0.397 e. The molecule has 0 bridgehead atoms. The van der Waals surface area contributed by atoms with Gasteiger partial charge in [-0.25, -0.2) is 12.7 Å². The number of hydrogen-bond donors (Lipinski definition) is 3. The van der Waals surface area contributed by atoms with E-state index in [0.29, 0.717) is 24.3 Å². The van der Waals surface area contributed by atoms with E-state index in [2.05, 4.69) is 5.32 Å². The van der Waals surface area contributed by atoms with E-state index in [1.807, 2.05) is 0 Å². The van der Waals surface area contributed by atoms with Gasteiger partial charge in [0.1, 0.15) is 0 Å². The van der Waals surface area contributed by atoms with Crippen molar-refractivity contribution < 1.29 is 13.5 Å². The third kappa shape index (κ3) is 4.36. The number of aliphatic hydroxyl groups is 1. The van der Waals surface area contributed by atoms with E-state index in [1.165, 1.54) is 26.2 Å². The second kappa shape index (κ2) is 6.92. The maximum atomic E-state index is 12.0. The molecule has 1 aromatic carbocycles. The fraction of sp³-hybridized carbons (Fsp3) is 0.538. The standard InChI is InChI=1S/C13H23N3O3S/c1-10(17)5-4-8-15-13-7-6-11(9-12(13)14)20(18,19)16(2)3/h6-7,9-10,15,17H,4-5,8,14H2,1-3H3. The van der Waals surface area contributed by atoms with Gasteiger partial charge in [-0.3, -0.25) is 0 Å². The third-order valence-electron chi connectivity index (χ3n) is 2.92. The number of benzene rings is 1. The van der Waals surface area contributed by atoms with Gasteiger partial charge in [-0.1, -0.05) is 0 Å². The van der Waals surface area contributed by atoms with Crippen LogP contribution < -0.4 is 11.1 Å². The molecule has 0 aliphatic carbocycles. The molecule has 6 nitrogen and oxygen atoms in total. The van der Waals surface area contributed by atoms with Crippen LogP contribution in [0.3, 0.4) is 0 Å². The number of nitrogens with two attached hydrogens (primary N) is 1. The van der Waals surface area contributed by atoms with E-state index < -0.39 is 10.0 Å². The molecule has 7 heteroatoms. The molecule has 0 spiro atoms. The largest absolute Gasteiger partial charge is 0.397 e. The van der Waals surface area contributed by atoms with E-state index in [9.17, 15) is 8.42 Å². The summed E-state index contributed by atoms with van der Waals surface area (Å²) in [6, 6.07) is 4.64. The predicted octanol–water partition coefficient (Wildman–Crippen LogP) is 1.09. The summed E-state index contributed by atoms with van der Waals surface area (Å²) in [6.07, 6.45) is 1.20. The lowest BCUT2D eigenvalue weighted by atomic mass is 10.2. The molecule has 0 aromatic heterocycles. The fourth-order valence-corrected chi connectivity index (χ4v) is 2.63. The molecule has 0 radical (unpaired) electrons. The molecule has 1 rings (SSSR count). The van der Waals surface area contributed by atoms with E-state index >= 15 is 0 Å². The van der Waals surface area contributed by atoms with Crippen LogP contribution in [-0.4, -0.2) is 44.6 Å². The topological polar surface area (TPSA) is 95.7 Å². The molecule has 0 aliphatic rings. The van der Waals surface area contributed by atoms with Crippen molar-refractivity contribution in [3.8, 4) is 0 Å². The summed E-state index contributed by atoms with van der Waals surface area (Å²) in [5, 5.41) is 12.3. The molecular weight excluding hydrogens is 278 g/mol. The van der Waals surface area contributed by atoms with Crippen LogP contribution in [0.4, 0.5) is 11.4 Å². The number of nitrogens with one attached hydrogen (secondary N) is 1. The number of nitrogens with zero attached hydrogens (tertiary/aromatic N) is 1. The van der Waals surface area contributed by atoms with Crippen molar-refractivity contribution in [3.63, 3.8) is 0 Å². The van der Waals surface area contributed by atoms with Gasteiger partial charge in [0.25, 0.3) is 0 Å². The Morgan fingerprint density at radius 1 is 1.40 bits per heavy atom. The fourth-order valence-electron chi connectivity index (χ4n) is 1.69. The lowest BCUT2D eigenvalue weighted by Crippen LogP contribution is -2.22. The summed E-state index contributed by atoms with van der Waals surface area (Å²) in [5.74, 6) is 0. The van der Waals surface area contributed by atoms with Crippen LogP contribution >= 0.6 is 0 Å². The molecule has 1 aromatic rings. The van der Waals surface area contributed by atoms with E-state index in [4.69, 9.17) is 10.8 Å². The van der Waals surface area contributed by atoms with Crippen molar-refractivity contribution in [1.29, 1.82) is 0 Å². The second-order valence-corrected chi connectivity index (χ2v) is 7.11. The van der Waals surface area contributed by atoms with E-state index in [0.717, 1.165) is 10.7 Å². The Morgan fingerprint density at radius 3 is 2.55 bits per heavy atom. The van der Waals surface area contributed by atoms with Gasteiger partial charge in [-0.15, -0.1) is 0 Å². The van der Waals surface area contributed by atoms with Gasteiger partial charge < -0.3 is 16.2 Å². The van der Waals surface area contributed by atoms with E-state index in [1.54, 1.807) is 13.0 Å². The number of rotatable bonds is 7. The Bertz CT molecular complexity index is 542. The van der Waals surface area contributed by atoms with Crippen LogP contribution in [0.25, 0.3) is 0 Å². The highest BCUT2D eigenvalue weighted by atomic mass is 32.2. The molecule has 0 saturated carbocycles. The summed E-state index contributed by atoms with van der Waals surface area (Å²) in [4.78, 5) is 0.175. The van der Waals surface area contributed by atoms with Crippen molar-refractivity contribution in [2.24, 2.45) is 0 Å². The average Bonchev–Trinajstić information content (AvgIpc) is 2.35. The van der Waals surface area contributed by atoms with Gasteiger partial charge in [0.2, 0.25) is 10.0 Å². The molecule has 0 fully saturated rings. The Balaban J connectivity index is 2.74. The highest BCUT2D eigenvalue weighted by Crippen LogP contribution is 2.24. The molecule has 4 N–H and O–H groups in total. The zero-order chi connectivity index (χ0) is 15.3. The van der Waals surface area contributed by atoms with Crippen LogP contribution in [0.5, 0.6) is 0 Å². The van der Waals surface area contributed by atoms with Crippen LogP contribution in [-0.2, 0) is 10.0 Å². The Labute approximate surface area is 120 Å². The number of nitrogen functional groups attached to an aromatic ring is 1. The Morgan fingerprint density at radius 2 is 2.05 bits per heavy atom. The van der Waals surface area contributed by atoms with Gasteiger partial charge in [-0.2, -0.15) is 0 Å². The molecule has 1 atom stereocenters. The van der Waals surface area contributed by atoms with Gasteiger partial charge in [0, 0.05) is 20.6 Å². The maximum absolute atomic E-state index is 12.0. The van der Waals surface area contributed by atoms with Crippen LogP contribution in [0.15, 0.2) is 23.1 Å². The van der Waals surface area contributed by atoms with Gasteiger partial charge in [-0.05, 0) is 38.0 Å². The lowest BCUT2D eigenvalue weighted by Gasteiger charge is -2.14. The Kier molecular flexibility index (Phi) is 5.79. The molecule has 0 amide bonds. The van der Waals surface area contributed by atoms with Crippen molar-refractivity contribution in [3.05, 3.63) is 18.2 Å². The molecule has 20 heavy (non-hydrogen) atoms. The highest BCUT2D eigenvalue weighted by molar-refractivity contribution is 7.89. The van der Waals surface area contributed by atoms with Crippen molar-refractivity contribution >= 4 is 21.4 Å². The third-order valence-corrected chi connectivity index (χ3v) is 4.73. The minimum absolute atomic E-state index is 0.175. The number of anilines is 2. The predicted molar refractivity (Wildman–Crippen MR) is 81.1 cm³/mol. The van der Waals surface area contributed by atoms with Crippen molar-refractivity contribution in [2.75, 3.05) is 31.7 Å². The smallest absolute Gasteiger partial charge is 0.242 e. The van der Waals surface area contributed by atoms with Crippen LogP contribution in [0.1, 0.15) is 19.8 Å². The van der Waals surface area contributed by atoms with Gasteiger partial charge in [0.05, 0.1) is 22.4 Å². The van der Waals surface area contributed by atoms with Crippen LogP contribution in [0.2, 0.25) is 0 Å². The lowest BCUT2D eigenvalue weighted by molar-refractivity contribution is 0.183. The average molecular weight is 301 g/mol. The summed E-state index contributed by atoms with van der Waals surface area (Å²) in [7, 11) is -0.500. The first-order valence-electron chi connectivity index (χ1n) is 6.49. The molecular formula is C13H23N3O3S. The maximum Gasteiger partial charge on any atom is 0.242 e. The minimum atomic E-state index is -3.46. The molecule has 0 aliphatic heterocycles. The van der Waals surface area contributed by atoms with Gasteiger partial charge >= 0.3 is 0 Å². The number of hydrogen-bond acceptors (Lipinski definition) is 5. The van der Waals surface area contributed by atoms with Gasteiger partial charge in [0.15, 0.2) is 0 Å². The first-order chi connectivity index (χ1) is 9.25. The zero-order valence-electron chi connectivity index (χ0n) is 12.1. The highest BCUT2D eigenvalue weighted by Gasteiger charge is 2.17. The number of aliphatic hydroxyl groups excluding tert-OH is 1. The van der Waals surface area contributed by atoms with Crippen molar-refractivity contribution in [2.45, 2.75) is 30.8 Å². The second-order valence-electron chi connectivity index (χ2n) is 4.95. The monoisotopic (exact) mass is 301 g/mol. The summed E-state index contributed by atoms with van der Waals surface area (Å²) in [5.41, 5.74) is 6.96. The van der Waals surface area contributed by atoms with Crippen molar-refractivity contribution in [1.82, 2.24) is 4.31 Å². The first kappa shape index (κ1) is 16.7. The normalized spacial score (nSPS) is 13.4. The quantitative estimate of drug-likeness (QED) is 0.517. The molecule has 114 valence electrons. The summed E-state index contributed by atoms with van der Waals surface area (Å²) < 4.78 is 25.1. The Hall–Kier alpha value is -1.31. The molecule has 0 saturated heterocycles.